The molecule has 0 bridgehead atoms. The van der Waals surface area contributed by atoms with Gasteiger partial charge in [0.05, 0.1) is 82.2 Å². The molecule has 21 heteroatoms. The largest absolute Gasteiger partial charge is 0.472 e. The van der Waals surface area contributed by atoms with Crippen molar-refractivity contribution in [2.45, 2.75) is 146 Å². The number of rotatable bonds is 20. The Morgan fingerprint density at radius 3 is 1.71 bits per heavy atom. The molecule has 0 spiro atoms. The number of nitrogens with zero attached hydrogens (tertiary/aromatic N) is 2. The fourth-order valence-corrected chi connectivity index (χ4v) is 8.38. The van der Waals surface area contributed by atoms with E-state index in [-0.39, 0.29) is 89.4 Å². The molecule has 20 nitrogen and oxygen atoms in total. The lowest BCUT2D eigenvalue weighted by molar-refractivity contribution is -0.282. The molecule has 4 rings (SSSR count). The molecule has 0 aromatic carbocycles. The number of phosphoric ester groups is 1. The minimum absolute atomic E-state index is 0.00142. The fraction of sp³-hybridized carbons (Fsp3) is 0.943. The van der Waals surface area contributed by atoms with Gasteiger partial charge in [0.1, 0.15) is 24.4 Å². The number of aliphatic hydroxyl groups is 7. The van der Waals surface area contributed by atoms with Crippen molar-refractivity contribution in [3.63, 3.8) is 0 Å². The van der Waals surface area contributed by atoms with Crippen LogP contribution in [0.25, 0.3) is 0 Å². The number of ether oxygens (including phenoxy) is 5. The van der Waals surface area contributed by atoms with Crippen molar-refractivity contribution in [3.05, 3.63) is 0 Å². The number of likely N-dealkylation sites (tertiary alicyclic amines) is 2. The molecule has 4 heterocycles. The smallest absolute Gasteiger partial charge is 0.394 e. The summed E-state index contributed by atoms with van der Waals surface area (Å²) in [5.74, 6) is -1.78. The second-order valence-corrected chi connectivity index (χ2v) is 16.9. The van der Waals surface area contributed by atoms with Crippen LogP contribution in [0.3, 0.4) is 0 Å². The number of hydrogen-bond donors (Lipinski definition) is 8. The van der Waals surface area contributed by atoms with Gasteiger partial charge in [0.15, 0.2) is 12.6 Å². The summed E-state index contributed by atoms with van der Waals surface area (Å²) in [6, 6.07) is -1.17. The van der Waals surface area contributed by atoms with Crippen molar-refractivity contribution in [1.29, 1.82) is 0 Å². The Morgan fingerprint density at radius 1 is 0.750 bits per heavy atom. The Kier molecular flexibility index (Phi) is 18.3. The van der Waals surface area contributed by atoms with Gasteiger partial charge in [0.2, 0.25) is 11.8 Å². The van der Waals surface area contributed by atoms with Crippen molar-refractivity contribution in [2.24, 2.45) is 11.8 Å². The highest BCUT2D eigenvalue weighted by molar-refractivity contribution is 7.47. The van der Waals surface area contributed by atoms with Crippen LogP contribution in [0.2, 0.25) is 0 Å². The highest BCUT2D eigenvalue weighted by Crippen LogP contribution is 2.47. The molecule has 0 saturated carbocycles. The number of amides is 2. The molecule has 0 aliphatic carbocycles. The molecule has 8 N–H and O–H groups in total. The van der Waals surface area contributed by atoms with Crippen LogP contribution in [-0.4, -0.2) is 195 Å². The summed E-state index contributed by atoms with van der Waals surface area (Å²) in [4.78, 5) is 40.1. The van der Waals surface area contributed by atoms with Crippen LogP contribution < -0.4 is 0 Å². The van der Waals surface area contributed by atoms with Gasteiger partial charge in [0, 0.05) is 37.8 Å². The van der Waals surface area contributed by atoms with Gasteiger partial charge < -0.3 is 74.1 Å². The normalized spacial score (nSPS) is 37.7. The second-order valence-electron chi connectivity index (χ2n) is 15.5. The van der Waals surface area contributed by atoms with E-state index in [0.717, 1.165) is 0 Å². The molecule has 0 radical (unpaired) electrons. The average molecular weight is 831 g/mol. The van der Waals surface area contributed by atoms with Crippen LogP contribution in [0, 0.1) is 11.8 Å². The van der Waals surface area contributed by atoms with E-state index in [4.69, 9.17) is 32.7 Å². The van der Waals surface area contributed by atoms with E-state index in [1.807, 2.05) is 13.8 Å². The SMILES string of the molecule is CC(C)OC[C@@H]1C[C@@H](OP(=O)(O)OC[C@@H]2C[C@@H](O)CN2C(=O)CCCO[C@@H]2OC(CO)[C@H](O)[C@H](O)C2C)CN1C(=O)CCCO[C@@H]1OC(CO)[C@H](O)[C@H](O)C1C. The van der Waals surface area contributed by atoms with Gasteiger partial charge in [-0.25, -0.2) is 4.57 Å². The van der Waals surface area contributed by atoms with E-state index in [9.17, 15) is 54.8 Å². The third-order valence-corrected chi connectivity index (χ3v) is 11.8. The van der Waals surface area contributed by atoms with Gasteiger partial charge in [-0.15, -0.1) is 0 Å². The van der Waals surface area contributed by atoms with Gasteiger partial charge in [-0.2, -0.15) is 0 Å². The zero-order valence-corrected chi connectivity index (χ0v) is 33.5. The molecule has 4 fully saturated rings. The molecule has 0 aromatic rings. The fourth-order valence-electron chi connectivity index (χ4n) is 7.43. The summed E-state index contributed by atoms with van der Waals surface area (Å²) in [7, 11) is -4.70. The van der Waals surface area contributed by atoms with Crippen molar-refractivity contribution >= 4 is 19.6 Å². The first kappa shape index (κ1) is 47.3. The second kappa shape index (κ2) is 21.7. The third-order valence-electron chi connectivity index (χ3n) is 10.8. The summed E-state index contributed by atoms with van der Waals surface area (Å²) in [5.41, 5.74) is 0. The van der Waals surface area contributed by atoms with E-state index in [0.29, 0.717) is 0 Å². The zero-order valence-electron chi connectivity index (χ0n) is 32.6. The molecule has 0 aromatic heterocycles. The molecule has 15 atom stereocenters. The molecule has 56 heavy (non-hydrogen) atoms. The zero-order chi connectivity index (χ0) is 41.3. The molecule has 4 saturated heterocycles. The first-order chi connectivity index (χ1) is 26.5. The first-order valence-electron chi connectivity index (χ1n) is 19.5. The number of aliphatic hydroxyl groups excluding tert-OH is 7. The Bertz CT molecular complexity index is 1280. The van der Waals surface area contributed by atoms with Gasteiger partial charge in [-0.3, -0.25) is 18.6 Å². The number of β-amino-alcohol motifs (C(OH)–C–C–N with tert-alkyl or cyclic N) is 1. The average Bonchev–Trinajstić information content (AvgIpc) is 3.74. The number of phosphoric acid groups is 1. The lowest BCUT2D eigenvalue weighted by Crippen LogP contribution is -2.55. The van der Waals surface area contributed by atoms with Crippen molar-refractivity contribution < 1.29 is 87.5 Å². The topological polar surface area (TPSA) is 284 Å². The van der Waals surface area contributed by atoms with Gasteiger partial charge in [-0.1, -0.05) is 13.8 Å². The van der Waals surface area contributed by atoms with E-state index >= 15 is 0 Å². The van der Waals surface area contributed by atoms with E-state index < -0.39 is 113 Å². The van der Waals surface area contributed by atoms with Crippen LogP contribution in [0.1, 0.15) is 66.2 Å². The minimum Gasteiger partial charge on any atom is -0.394 e. The number of hydrogen-bond acceptors (Lipinski definition) is 17. The summed E-state index contributed by atoms with van der Waals surface area (Å²) >= 11 is 0. The molecule has 4 aliphatic rings. The van der Waals surface area contributed by atoms with Crippen LogP contribution in [0.5, 0.6) is 0 Å². The maximum absolute atomic E-state index is 13.3. The lowest BCUT2D eigenvalue weighted by atomic mass is 9.92. The lowest BCUT2D eigenvalue weighted by Gasteiger charge is -2.40. The standard InChI is InChI=1S/C35H63N2O18P/c1-19(2)51-17-23-12-25(14-37(23)29(42)8-6-10-50-35-21(4)31(44)33(46)27(16-39)54-35)55-56(47,48)52-18-22-11-24(40)13-36(22)28(41)7-5-9-49-34-20(3)30(43)32(45)26(15-38)53-34/h19-27,30-35,38-40,43-46H,5-18H2,1-4H3,(H,47,48)/t20?,21?,22-,23-,24+,25+,26?,27?,30+,31+,32-,33-,34+,35+/m0/s1. The quantitative estimate of drug-likeness (QED) is 0.0497. The Hall–Kier alpha value is -1.43. The number of carbonyl (C=O) groups excluding carboxylic acids is 2. The van der Waals surface area contributed by atoms with Crippen LogP contribution >= 0.6 is 7.82 Å². The summed E-state index contributed by atoms with van der Waals surface area (Å²) in [5, 5.41) is 69.8. The Morgan fingerprint density at radius 2 is 1.23 bits per heavy atom. The van der Waals surface area contributed by atoms with Crippen LogP contribution in [-0.2, 0) is 46.9 Å². The summed E-state index contributed by atoms with van der Waals surface area (Å²) in [6.07, 6.45) is -9.65. The Labute approximate surface area is 327 Å². The van der Waals surface area contributed by atoms with E-state index in [2.05, 4.69) is 0 Å². The van der Waals surface area contributed by atoms with E-state index in [1.165, 1.54) is 9.80 Å². The Balaban J connectivity index is 1.23. The van der Waals surface area contributed by atoms with E-state index in [1.54, 1.807) is 13.8 Å². The summed E-state index contributed by atoms with van der Waals surface area (Å²) < 4.78 is 52.3. The highest BCUT2D eigenvalue weighted by Gasteiger charge is 2.45. The molecular formula is C35H63N2O18P. The minimum atomic E-state index is -4.70. The molecule has 326 valence electrons. The first-order valence-corrected chi connectivity index (χ1v) is 21.0. The maximum Gasteiger partial charge on any atom is 0.472 e. The predicted octanol–water partition coefficient (Wildman–Crippen LogP) is -1.78. The molecule has 4 aliphatic heterocycles. The molecule has 5 unspecified atom stereocenters. The van der Waals surface area contributed by atoms with Crippen molar-refractivity contribution in [1.82, 2.24) is 9.80 Å². The van der Waals surface area contributed by atoms with Crippen LogP contribution in [0.4, 0.5) is 0 Å². The molecular weight excluding hydrogens is 767 g/mol. The van der Waals surface area contributed by atoms with Gasteiger partial charge in [-0.05, 0) is 39.5 Å². The predicted molar refractivity (Wildman–Crippen MR) is 192 cm³/mol. The third kappa shape index (κ3) is 12.8. The maximum atomic E-state index is 13.3. The van der Waals surface area contributed by atoms with Crippen LogP contribution in [0.15, 0.2) is 0 Å². The highest BCUT2D eigenvalue weighted by atomic mass is 31.2. The summed E-state index contributed by atoms with van der Waals surface area (Å²) in [6.45, 7) is 5.85. The number of carbonyl (C=O) groups is 2. The van der Waals surface area contributed by atoms with Gasteiger partial charge >= 0.3 is 7.82 Å². The van der Waals surface area contributed by atoms with Crippen molar-refractivity contribution in [2.75, 3.05) is 52.7 Å². The van der Waals surface area contributed by atoms with Crippen molar-refractivity contribution in [3.8, 4) is 0 Å². The van der Waals surface area contributed by atoms with Gasteiger partial charge in [0.25, 0.3) is 0 Å². The molecule has 2 amide bonds. The monoisotopic (exact) mass is 830 g/mol.